The van der Waals surface area contributed by atoms with Crippen LogP contribution in [0, 0.1) is 3.57 Å². The molecule has 160 valence electrons. The van der Waals surface area contributed by atoms with Gasteiger partial charge in [0.05, 0.1) is 29.0 Å². The molecule has 6 nitrogen and oxygen atoms in total. The number of hydrogen-bond donors (Lipinski definition) is 1. The van der Waals surface area contributed by atoms with Crippen molar-refractivity contribution in [1.29, 1.82) is 0 Å². The van der Waals surface area contributed by atoms with E-state index in [1.807, 2.05) is 30.3 Å². The zero-order valence-corrected chi connectivity index (χ0v) is 19.8. The first-order valence-electron chi connectivity index (χ1n) is 9.23. The summed E-state index contributed by atoms with van der Waals surface area (Å²) in [6.45, 7) is 0.361. The van der Waals surface area contributed by atoms with Gasteiger partial charge in [-0.15, -0.1) is 0 Å². The molecule has 0 fully saturated rings. The highest BCUT2D eigenvalue weighted by Gasteiger charge is 2.12. The fourth-order valence-corrected chi connectivity index (χ4v) is 3.54. The Kier molecular flexibility index (Phi) is 8.13. The highest BCUT2D eigenvalue weighted by molar-refractivity contribution is 14.1. The summed E-state index contributed by atoms with van der Waals surface area (Å²) < 4.78 is 17.4. The normalized spacial score (nSPS) is 10.7. The van der Waals surface area contributed by atoms with Gasteiger partial charge in [0.1, 0.15) is 12.4 Å². The van der Waals surface area contributed by atoms with Gasteiger partial charge in [-0.05, 0) is 64.0 Å². The number of halogens is 2. The largest absolute Gasteiger partial charge is 0.496 e. The number of ether oxygens (including phenoxy) is 3. The number of benzene rings is 3. The van der Waals surface area contributed by atoms with Crippen LogP contribution < -0.4 is 19.6 Å². The number of amides is 1. The van der Waals surface area contributed by atoms with Gasteiger partial charge in [-0.2, -0.15) is 5.10 Å². The summed E-state index contributed by atoms with van der Waals surface area (Å²) in [7, 11) is 3.09. The molecule has 0 bridgehead atoms. The molecule has 3 rings (SSSR count). The van der Waals surface area contributed by atoms with Crippen molar-refractivity contribution in [2.45, 2.75) is 6.61 Å². The van der Waals surface area contributed by atoms with Crippen molar-refractivity contribution in [3.63, 3.8) is 0 Å². The van der Waals surface area contributed by atoms with Gasteiger partial charge in [0.25, 0.3) is 5.91 Å². The number of hydrazone groups is 1. The molecule has 0 atom stereocenters. The van der Waals surface area contributed by atoms with E-state index in [0.29, 0.717) is 40.0 Å². The third-order valence-corrected chi connectivity index (χ3v) is 5.44. The van der Waals surface area contributed by atoms with E-state index in [9.17, 15) is 4.79 Å². The van der Waals surface area contributed by atoms with Crippen molar-refractivity contribution in [2.75, 3.05) is 14.2 Å². The van der Waals surface area contributed by atoms with E-state index in [1.54, 1.807) is 37.4 Å². The van der Waals surface area contributed by atoms with Crippen molar-refractivity contribution >= 4 is 46.3 Å². The van der Waals surface area contributed by atoms with Crippen LogP contribution in [0.3, 0.4) is 0 Å². The third kappa shape index (κ3) is 6.11. The predicted molar refractivity (Wildman–Crippen MR) is 130 cm³/mol. The molecular formula is C23H20ClIN2O4. The van der Waals surface area contributed by atoms with E-state index in [-0.39, 0.29) is 5.91 Å². The van der Waals surface area contributed by atoms with Gasteiger partial charge in [0, 0.05) is 5.56 Å². The number of nitrogens with one attached hydrogen (secondary N) is 1. The second kappa shape index (κ2) is 11.0. The quantitative estimate of drug-likeness (QED) is 0.235. The molecular weight excluding hydrogens is 531 g/mol. The number of methoxy groups -OCH3 is 2. The lowest BCUT2D eigenvalue weighted by molar-refractivity contribution is 0.0954. The molecule has 0 radical (unpaired) electrons. The average Bonchev–Trinajstić information content (AvgIpc) is 2.79. The smallest absolute Gasteiger partial charge is 0.271 e. The fraction of sp³-hybridized carbons (Fsp3) is 0.130. The summed E-state index contributed by atoms with van der Waals surface area (Å²) in [6, 6.07) is 18.3. The minimum atomic E-state index is -0.355. The van der Waals surface area contributed by atoms with E-state index in [1.165, 1.54) is 13.3 Å². The number of nitrogens with zero attached hydrogens (tertiary/aromatic N) is 1. The highest BCUT2D eigenvalue weighted by atomic mass is 127. The van der Waals surface area contributed by atoms with Crippen LogP contribution in [0.25, 0.3) is 0 Å². The molecule has 1 amide bonds. The molecule has 0 aliphatic carbocycles. The predicted octanol–water partition coefficient (Wildman–Crippen LogP) is 5.30. The first-order chi connectivity index (χ1) is 15.0. The number of carbonyl (C=O) groups excluding carboxylic acids is 1. The summed E-state index contributed by atoms with van der Waals surface area (Å²) >= 11 is 8.53. The summed E-state index contributed by atoms with van der Waals surface area (Å²) in [4.78, 5) is 12.3. The molecule has 3 aromatic carbocycles. The summed E-state index contributed by atoms with van der Waals surface area (Å²) in [6.07, 6.45) is 1.48. The van der Waals surface area contributed by atoms with E-state index in [4.69, 9.17) is 25.8 Å². The molecule has 8 heteroatoms. The Morgan fingerprint density at radius 2 is 1.81 bits per heavy atom. The maximum atomic E-state index is 12.3. The zero-order valence-electron chi connectivity index (χ0n) is 16.9. The van der Waals surface area contributed by atoms with Gasteiger partial charge in [-0.25, -0.2) is 5.43 Å². The van der Waals surface area contributed by atoms with Gasteiger partial charge in [-0.1, -0.05) is 41.9 Å². The minimum Gasteiger partial charge on any atom is -0.496 e. The SMILES string of the molecule is COc1cc(C(=O)N/N=C\c2cc(Cl)c(OCc3ccccc3)c(OC)c2)ccc1I. The maximum absolute atomic E-state index is 12.3. The molecule has 0 heterocycles. The third-order valence-electron chi connectivity index (χ3n) is 4.27. The zero-order chi connectivity index (χ0) is 22.2. The Morgan fingerprint density at radius 3 is 2.52 bits per heavy atom. The Balaban J connectivity index is 1.69. The minimum absolute atomic E-state index is 0.355. The number of rotatable bonds is 8. The van der Waals surface area contributed by atoms with Crippen molar-refractivity contribution in [2.24, 2.45) is 5.10 Å². The lowest BCUT2D eigenvalue weighted by Gasteiger charge is -2.13. The lowest BCUT2D eigenvalue weighted by atomic mass is 10.2. The second-order valence-corrected chi connectivity index (χ2v) is 7.93. The Labute approximate surface area is 199 Å². The van der Waals surface area contributed by atoms with Crippen LogP contribution in [0.4, 0.5) is 0 Å². The summed E-state index contributed by atoms with van der Waals surface area (Å²) in [5, 5.41) is 4.39. The van der Waals surface area contributed by atoms with Gasteiger partial charge in [-0.3, -0.25) is 4.79 Å². The first kappa shape index (κ1) is 22.9. The molecule has 0 unspecified atom stereocenters. The van der Waals surface area contributed by atoms with Crippen LogP contribution in [-0.2, 0) is 6.61 Å². The molecule has 0 aromatic heterocycles. The van der Waals surface area contributed by atoms with Gasteiger partial charge in [0.15, 0.2) is 11.5 Å². The van der Waals surface area contributed by atoms with Gasteiger partial charge in [0.2, 0.25) is 0 Å². The highest BCUT2D eigenvalue weighted by Crippen LogP contribution is 2.36. The molecule has 0 aliphatic heterocycles. The van der Waals surface area contributed by atoms with Gasteiger partial charge >= 0.3 is 0 Å². The fourth-order valence-electron chi connectivity index (χ4n) is 2.72. The van der Waals surface area contributed by atoms with E-state index >= 15 is 0 Å². The Hall–Kier alpha value is -2.78. The lowest BCUT2D eigenvalue weighted by Crippen LogP contribution is -2.17. The Morgan fingerprint density at radius 1 is 1.06 bits per heavy atom. The first-order valence-corrected chi connectivity index (χ1v) is 10.7. The number of carbonyl (C=O) groups is 1. The van der Waals surface area contributed by atoms with Crippen LogP contribution >= 0.6 is 34.2 Å². The van der Waals surface area contributed by atoms with Crippen molar-refractivity contribution in [3.05, 3.63) is 85.9 Å². The van der Waals surface area contributed by atoms with Crippen molar-refractivity contribution < 1.29 is 19.0 Å². The topological polar surface area (TPSA) is 69.2 Å². The molecule has 0 spiro atoms. The van der Waals surface area contributed by atoms with Crippen molar-refractivity contribution in [1.82, 2.24) is 5.43 Å². The molecule has 31 heavy (non-hydrogen) atoms. The standard InChI is InChI=1S/C23H20ClIN2O4/c1-29-20-12-17(8-9-19(20)25)23(28)27-26-13-16-10-18(24)22(21(11-16)30-2)31-14-15-6-4-3-5-7-15/h3-13H,14H2,1-2H3,(H,27,28)/b26-13-. The summed E-state index contributed by atoms with van der Waals surface area (Å²) in [5.74, 6) is 1.19. The van der Waals surface area contributed by atoms with Gasteiger partial charge < -0.3 is 14.2 Å². The van der Waals surface area contributed by atoms with Crippen LogP contribution in [0.5, 0.6) is 17.2 Å². The average molecular weight is 551 g/mol. The molecule has 3 aromatic rings. The molecule has 0 aliphatic rings. The van der Waals surface area contributed by atoms with Crippen LogP contribution in [0.15, 0.2) is 65.8 Å². The molecule has 0 saturated carbocycles. The van der Waals surface area contributed by atoms with Crippen LogP contribution in [0.1, 0.15) is 21.5 Å². The van der Waals surface area contributed by atoms with E-state index in [0.717, 1.165) is 9.13 Å². The van der Waals surface area contributed by atoms with E-state index < -0.39 is 0 Å². The summed E-state index contributed by atoms with van der Waals surface area (Å²) in [5.41, 5.74) is 4.60. The monoisotopic (exact) mass is 550 g/mol. The van der Waals surface area contributed by atoms with Crippen LogP contribution in [0.2, 0.25) is 5.02 Å². The second-order valence-electron chi connectivity index (χ2n) is 6.36. The van der Waals surface area contributed by atoms with Crippen molar-refractivity contribution in [3.8, 4) is 17.2 Å². The molecule has 1 N–H and O–H groups in total. The maximum Gasteiger partial charge on any atom is 0.271 e. The number of hydrogen-bond acceptors (Lipinski definition) is 5. The Bertz CT molecular complexity index is 1090. The van der Waals surface area contributed by atoms with Crippen LogP contribution in [-0.4, -0.2) is 26.3 Å². The molecule has 0 saturated heterocycles. The van der Waals surface area contributed by atoms with E-state index in [2.05, 4.69) is 33.1 Å².